The van der Waals surface area contributed by atoms with Gasteiger partial charge in [0.05, 0.1) is 29.6 Å². The van der Waals surface area contributed by atoms with E-state index in [1.54, 1.807) is 24.3 Å². The zero-order chi connectivity index (χ0) is 15.4. The van der Waals surface area contributed by atoms with Gasteiger partial charge in [-0.05, 0) is 23.3 Å². The summed E-state index contributed by atoms with van der Waals surface area (Å²) in [5, 5.41) is 0. The molecule has 0 radical (unpaired) electrons. The molecule has 0 N–H and O–H groups in total. The molecule has 0 fully saturated rings. The number of carbonyl (C=O) groups is 3. The van der Waals surface area contributed by atoms with Gasteiger partial charge in [-0.3, -0.25) is 14.5 Å². The van der Waals surface area contributed by atoms with Crippen LogP contribution in [0.3, 0.4) is 0 Å². The van der Waals surface area contributed by atoms with Crippen LogP contribution >= 0.6 is 0 Å². The molecular formula is C17H11NO4. The van der Waals surface area contributed by atoms with Gasteiger partial charge in [0.2, 0.25) is 0 Å². The van der Waals surface area contributed by atoms with Crippen molar-refractivity contribution in [3.63, 3.8) is 0 Å². The molecule has 0 spiro atoms. The van der Waals surface area contributed by atoms with Gasteiger partial charge in [-0.1, -0.05) is 24.3 Å². The highest BCUT2D eigenvalue weighted by atomic mass is 16.5. The fourth-order valence-electron chi connectivity index (χ4n) is 3.19. The van der Waals surface area contributed by atoms with Gasteiger partial charge in [-0.25, -0.2) is 4.79 Å². The van der Waals surface area contributed by atoms with Crippen molar-refractivity contribution in [2.24, 2.45) is 0 Å². The summed E-state index contributed by atoms with van der Waals surface area (Å²) in [6.45, 7) is 0. The quantitative estimate of drug-likeness (QED) is 0.597. The number of ether oxygens (including phenoxy) is 1. The fourth-order valence-corrected chi connectivity index (χ4v) is 3.19. The second-order valence-corrected chi connectivity index (χ2v) is 5.26. The molecule has 2 aromatic carbocycles. The van der Waals surface area contributed by atoms with E-state index >= 15 is 0 Å². The maximum atomic E-state index is 12.4. The van der Waals surface area contributed by atoms with E-state index in [1.165, 1.54) is 12.0 Å². The van der Waals surface area contributed by atoms with Gasteiger partial charge in [0.15, 0.2) is 0 Å². The third-order valence-corrected chi connectivity index (χ3v) is 4.11. The lowest BCUT2D eigenvalue weighted by molar-refractivity contribution is -0.113. The molecule has 2 aromatic rings. The van der Waals surface area contributed by atoms with Crippen LogP contribution in [0, 0.1) is 0 Å². The predicted octanol–water partition coefficient (Wildman–Crippen LogP) is 2.24. The Kier molecular flexibility index (Phi) is 2.48. The number of rotatable bonds is 1. The molecule has 2 aliphatic rings. The van der Waals surface area contributed by atoms with Crippen LogP contribution in [-0.4, -0.2) is 24.8 Å². The van der Waals surface area contributed by atoms with Gasteiger partial charge < -0.3 is 4.74 Å². The fraction of sp³-hybridized carbons (Fsp3) is 0.118. The van der Waals surface area contributed by atoms with Gasteiger partial charge in [0.25, 0.3) is 5.78 Å². The van der Waals surface area contributed by atoms with Crippen molar-refractivity contribution in [3.8, 4) is 0 Å². The first-order valence-corrected chi connectivity index (χ1v) is 6.84. The van der Waals surface area contributed by atoms with Crippen molar-refractivity contribution in [2.45, 2.75) is 6.42 Å². The Morgan fingerprint density at radius 3 is 2.45 bits per heavy atom. The average Bonchev–Trinajstić information content (AvgIpc) is 2.80. The number of hydrogen-bond donors (Lipinski definition) is 0. The largest absolute Gasteiger partial charge is 0.465 e. The Balaban J connectivity index is 2.04. The highest BCUT2D eigenvalue weighted by Crippen LogP contribution is 2.46. The van der Waals surface area contributed by atoms with Gasteiger partial charge in [0.1, 0.15) is 0 Å². The van der Waals surface area contributed by atoms with Crippen LogP contribution < -0.4 is 4.90 Å². The number of amides is 1. The minimum atomic E-state index is -0.625. The second-order valence-electron chi connectivity index (χ2n) is 5.26. The SMILES string of the molecule is COC(=O)c1cccc2c1N1C(=O)C(=O)c3cccc(c31)C2. The number of Topliss-reactive ketones (excluding diaryl/α,β-unsaturated/α-hetero) is 1. The maximum Gasteiger partial charge on any atom is 0.340 e. The summed E-state index contributed by atoms with van der Waals surface area (Å²) in [7, 11) is 1.29. The number of benzene rings is 2. The molecule has 5 heteroatoms. The van der Waals surface area contributed by atoms with Crippen LogP contribution in [0.1, 0.15) is 31.8 Å². The third-order valence-electron chi connectivity index (χ3n) is 4.11. The molecular weight excluding hydrogens is 282 g/mol. The standard InChI is InChI=1S/C17H11NO4/c1-22-17(21)12-7-3-5-10-8-9-4-2-6-11-13(9)18(14(10)12)16(20)15(11)19/h2-7H,8H2,1H3. The van der Waals surface area contributed by atoms with E-state index in [-0.39, 0.29) is 0 Å². The molecule has 0 aliphatic carbocycles. The van der Waals surface area contributed by atoms with Gasteiger partial charge in [-0.2, -0.15) is 0 Å². The lowest BCUT2D eigenvalue weighted by atomic mass is 9.93. The lowest BCUT2D eigenvalue weighted by Gasteiger charge is -2.29. The molecule has 0 atom stereocenters. The van der Waals surface area contributed by atoms with Gasteiger partial charge in [0, 0.05) is 6.42 Å². The van der Waals surface area contributed by atoms with Crippen molar-refractivity contribution < 1.29 is 19.1 Å². The van der Waals surface area contributed by atoms with Crippen LogP contribution in [0.15, 0.2) is 36.4 Å². The maximum absolute atomic E-state index is 12.4. The van der Waals surface area contributed by atoms with Crippen molar-refractivity contribution in [3.05, 3.63) is 58.7 Å². The second kappa shape index (κ2) is 4.27. The summed E-state index contributed by atoms with van der Waals surface area (Å²) in [4.78, 5) is 38.0. The Morgan fingerprint density at radius 1 is 1.05 bits per heavy atom. The van der Waals surface area contributed by atoms with Gasteiger partial charge >= 0.3 is 11.9 Å². The minimum absolute atomic E-state index is 0.295. The van der Waals surface area contributed by atoms with Crippen LogP contribution in [0.5, 0.6) is 0 Å². The van der Waals surface area contributed by atoms with E-state index in [1.807, 2.05) is 12.1 Å². The summed E-state index contributed by atoms with van der Waals surface area (Å²) in [6, 6.07) is 10.5. The molecule has 5 nitrogen and oxygen atoms in total. The van der Waals surface area contributed by atoms with Crippen LogP contribution in [0.4, 0.5) is 11.4 Å². The molecule has 0 unspecified atom stereocenters. The number of para-hydroxylation sites is 2. The molecule has 2 heterocycles. The highest BCUT2D eigenvalue weighted by Gasteiger charge is 2.43. The number of ketones is 1. The van der Waals surface area contributed by atoms with Crippen LogP contribution in [0.2, 0.25) is 0 Å². The van der Waals surface area contributed by atoms with Crippen LogP contribution in [0.25, 0.3) is 0 Å². The lowest BCUT2D eigenvalue weighted by Crippen LogP contribution is -2.30. The summed E-state index contributed by atoms with van der Waals surface area (Å²) >= 11 is 0. The van der Waals surface area contributed by atoms with Crippen molar-refractivity contribution in [1.29, 1.82) is 0 Å². The Morgan fingerprint density at radius 2 is 1.73 bits per heavy atom. The van der Waals surface area contributed by atoms with Crippen molar-refractivity contribution in [2.75, 3.05) is 12.0 Å². The van der Waals surface area contributed by atoms with Gasteiger partial charge in [-0.15, -0.1) is 0 Å². The predicted molar refractivity (Wildman–Crippen MR) is 78.5 cm³/mol. The Hall–Kier alpha value is -2.95. The summed E-state index contributed by atoms with van der Waals surface area (Å²) in [5.41, 5.74) is 3.49. The smallest absolute Gasteiger partial charge is 0.340 e. The number of anilines is 2. The molecule has 0 aromatic heterocycles. The zero-order valence-corrected chi connectivity index (χ0v) is 11.8. The number of methoxy groups -OCH3 is 1. The minimum Gasteiger partial charge on any atom is -0.465 e. The molecule has 108 valence electrons. The first-order chi connectivity index (χ1) is 10.6. The Labute approximate surface area is 126 Å². The van der Waals surface area contributed by atoms with E-state index < -0.39 is 17.7 Å². The molecule has 2 aliphatic heterocycles. The monoisotopic (exact) mass is 293 g/mol. The van der Waals surface area contributed by atoms with E-state index in [9.17, 15) is 14.4 Å². The molecule has 1 amide bonds. The molecule has 0 bridgehead atoms. The van der Waals surface area contributed by atoms with E-state index in [2.05, 4.69) is 0 Å². The number of nitrogens with zero attached hydrogens (tertiary/aromatic N) is 1. The number of fused-ring (bicyclic) bond motifs is 2. The third kappa shape index (κ3) is 1.45. The average molecular weight is 293 g/mol. The molecule has 4 rings (SSSR count). The molecule has 0 saturated carbocycles. The van der Waals surface area contributed by atoms with E-state index in [0.717, 1.165) is 11.1 Å². The first-order valence-electron chi connectivity index (χ1n) is 6.84. The Bertz CT molecular complexity index is 869. The zero-order valence-electron chi connectivity index (χ0n) is 11.8. The highest BCUT2D eigenvalue weighted by molar-refractivity contribution is 6.54. The first kappa shape index (κ1) is 12.8. The van der Waals surface area contributed by atoms with E-state index in [0.29, 0.717) is 28.9 Å². The summed E-state index contributed by atoms with van der Waals surface area (Å²) in [5.74, 6) is -1.69. The summed E-state index contributed by atoms with van der Waals surface area (Å²) < 4.78 is 4.80. The normalized spacial score (nSPS) is 14.7. The van der Waals surface area contributed by atoms with Crippen molar-refractivity contribution >= 4 is 29.0 Å². The van der Waals surface area contributed by atoms with E-state index in [4.69, 9.17) is 4.74 Å². The van der Waals surface area contributed by atoms with Crippen molar-refractivity contribution in [1.82, 2.24) is 0 Å². The number of hydrogen-bond acceptors (Lipinski definition) is 4. The molecule has 22 heavy (non-hydrogen) atoms. The molecule has 0 saturated heterocycles. The summed E-state index contributed by atoms with van der Waals surface area (Å²) in [6.07, 6.45) is 0.570. The number of carbonyl (C=O) groups excluding carboxylic acids is 3. The van der Waals surface area contributed by atoms with Crippen LogP contribution in [-0.2, 0) is 16.0 Å². The topological polar surface area (TPSA) is 63.7 Å². The number of esters is 1.